The van der Waals surface area contributed by atoms with Crippen molar-refractivity contribution in [3.05, 3.63) is 0 Å². The van der Waals surface area contributed by atoms with Gasteiger partial charge in [-0.3, -0.25) is 4.79 Å². The molecule has 0 aromatic heterocycles. The van der Waals surface area contributed by atoms with E-state index in [1.807, 2.05) is 0 Å². The predicted molar refractivity (Wildman–Crippen MR) is 52.6 cm³/mol. The minimum absolute atomic E-state index is 0.110. The number of carbonyl (C=O) groups excluding carboxylic acids is 2. The highest BCUT2D eigenvalue weighted by Crippen LogP contribution is 2.06. The second-order valence-electron chi connectivity index (χ2n) is 4.22. The molecule has 82 valence electrons. The quantitative estimate of drug-likeness (QED) is 0.709. The minimum atomic E-state index is -0.536. The molecule has 0 bridgehead atoms. The maximum Gasteiger partial charge on any atom is 0.407 e. The Morgan fingerprint density at radius 3 is 2.29 bits per heavy atom. The summed E-state index contributed by atoms with van der Waals surface area (Å²) < 4.78 is 4.99. The molecule has 0 saturated heterocycles. The van der Waals surface area contributed by atoms with E-state index in [0.717, 1.165) is 0 Å². The first-order valence-corrected chi connectivity index (χ1v) is 4.48. The van der Waals surface area contributed by atoms with Crippen LogP contribution in [-0.2, 0) is 9.53 Å². The van der Waals surface area contributed by atoms with E-state index in [-0.39, 0.29) is 12.5 Å². The molecule has 0 radical (unpaired) electrons. The van der Waals surface area contributed by atoms with Crippen LogP contribution in [0.5, 0.6) is 0 Å². The predicted octanol–water partition coefficient (Wildman–Crippen LogP) is 0.775. The van der Waals surface area contributed by atoms with E-state index in [2.05, 4.69) is 5.32 Å². The number of rotatable bonds is 3. The lowest BCUT2D eigenvalue weighted by Crippen LogP contribution is -2.39. The number of carbonyl (C=O) groups is 2. The Morgan fingerprint density at radius 2 is 1.93 bits per heavy atom. The molecular formula is C9H18N2O3. The van der Waals surface area contributed by atoms with E-state index in [9.17, 15) is 9.59 Å². The first kappa shape index (κ1) is 12.7. The number of hydrogen-bond acceptors (Lipinski definition) is 3. The van der Waals surface area contributed by atoms with Gasteiger partial charge in [0.1, 0.15) is 5.60 Å². The summed E-state index contributed by atoms with van der Waals surface area (Å²) in [5, 5.41) is 2.51. The summed E-state index contributed by atoms with van der Waals surface area (Å²) >= 11 is 0. The molecule has 0 aliphatic rings. The van der Waals surface area contributed by atoms with Crippen molar-refractivity contribution < 1.29 is 14.3 Å². The van der Waals surface area contributed by atoms with Crippen molar-refractivity contribution in [1.82, 2.24) is 5.32 Å². The molecule has 5 heteroatoms. The molecule has 14 heavy (non-hydrogen) atoms. The van der Waals surface area contributed by atoms with E-state index in [1.54, 1.807) is 27.7 Å². The Morgan fingerprint density at radius 1 is 1.43 bits per heavy atom. The number of amides is 2. The van der Waals surface area contributed by atoms with Gasteiger partial charge in [-0.2, -0.15) is 0 Å². The van der Waals surface area contributed by atoms with E-state index in [4.69, 9.17) is 10.5 Å². The van der Waals surface area contributed by atoms with Crippen molar-refractivity contribution in [3.8, 4) is 0 Å². The molecule has 2 amide bonds. The third-order valence-electron chi connectivity index (χ3n) is 1.27. The van der Waals surface area contributed by atoms with Crippen LogP contribution >= 0.6 is 0 Å². The highest BCUT2D eigenvalue weighted by Gasteiger charge is 2.18. The minimum Gasteiger partial charge on any atom is -0.444 e. The van der Waals surface area contributed by atoms with Gasteiger partial charge >= 0.3 is 6.09 Å². The summed E-state index contributed by atoms with van der Waals surface area (Å²) in [6.07, 6.45) is -0.426. The van der Waals surface area contributed by atoms with Crippen molar-refractivity contribution in [1.29, 1.82) is 0 Å². The Labute approximate surface area is 84.0 Å². The zero-order valence-corrected chi connectivity index (χ0v) is 9.09. The number of alkyl carbamates (subject to hydrolysis) is 1. The normalized spacial score (nSPS) is 13.1. The summed E-state index contributed by atoms with van der Waals surface area (Å²) in [7, 11) is 0. The molecule has 0 saturated carbocycles. The molecule has 1 atom stereocenters. The summed E-state index contributed by atoms with van der Waals surface area (Å²) in [4.78, 5) is 21.7. The van der Waals surface area contributed by atoms with Crippen molar-refractivity contribution >= 4 is 12.0 Å². The summed E-state index contributed by atoms with van der Waals surface area (Å²) in [5.41, 5.74) is 4.43. The van der Waals surface area contributed by atoms with Gasteiger partial charge in [-0.25, -0.2) is 4.79 Å². The van der Waals surface area contributed by atoms with Gasteiger partial charge in [-0.15, -0.1) is 0 Å². The van der Waals surface area contributed by atoms with Gasteiger partial charge in [-0.1, -0.05) is 0 Å². The van der Waals surface area contributed by atoms with Crippen LogP contribution < -0.4 is 11.1 Å². The van der Waals surface area contributed by atoms with Gasteiger partial charge in [0.25, 0.3) is 0 Å². The van der Waals surface area contributed by atoms with E-state index in [1.165, 1.54) is 0 Å². The summed E-state index contributed by atoms with van der Waals surface area (Å²) in [5.74, 6) is -0.450. The highest BCUT2D eigenvalue weighted by atomic mass is 16.6. The van der Waals surface area contributed by atoms with Crippen molar-refractivity contribution in [2.75, 3.05) is 0 Å². The zero-order chi connectivity index (χ0) is 11.4. The fraction of sp³-hybridized carbons (Fsp3) is 0.778. The molecule has 5 nitrogen and oxygen atoms in total. The Bertz CT molecular complexity index is 221. The van der Waals surface area contributed by atoms with E-state index < -0.39 is 17.6 Å². The fourth-order valence-corrected chi connectivity index (χ4v) is 0.862. The van der Waals surface area contributed by atoms with Crippen LogP contribution in [0.25, 0.3) is 0 Å². The Hall–Kier alpha value is -1.26. The standard InChI is InChI=1S/C9H18N2O3/c1-6(5-7(10)12)11-8(13)14-9(2,3)4/h6H,5H2,1-4H3,(H2,10,12)(H,11,13). The first-order chi connectivity index (χ1) is 6.20. The molecule has 0 aromatic rings. The van der Waals surface area contributed by atoms with Crippen LogP contribution in [0, 0.1) is 0 Å². The van der Waals surface area contributed by atoms with Crippen LogP contribution in [0.15, 0.2) is 0 Å². The lowest BCUT2D eigenvalue weighted by atomic mass is 10.2. The molecule has 0 aromatic carbocycles. The summed E-state index contributed by atoms with van der Waals surface area (Å²) in [6, 6.07) is -0.303. The van der Waals surface area contributed by atoms with Crippen molar-refractivity contribution in [3.63, 3.8) is 0 Å². The van der Waals surface area contributed by atoms with Crippen LogP contribution in [0.3, 0.4) is 0 Å². The third-order valence-corrected chi connectivity index (χ3v) is 1.27. The molecule has 0 rings (SSSR count). The second kappa shape index (κ2) is 4.83. The topological polar surface area (TPSA) is 81.4 Å². The van der Waals surface area contributed by atoms with Gasteiger partial charge in [-0.05, 0) is 27.7 Å². The number of nitrogens with two attached hydrogens (primary N) is 1. The maximum atomic E-state index is 11.2. The molecule has 0 spiro atoms. The maximum absolute atomic E-state index is 11.2. The third kappa shape index (κ3) is 7.39. The van der Waals surface area contributed by atoms with E-state index in [0.29, 0.717) is 0 Å². The summed E-state index contributed by atoms with van der Waals surface area (Å²) in [6.45, 7) is 7.00. The highest BCUT2D eigenvalue weighted by molar-refractivity contribution is 5.75. The second-order valence-corrected chi connectivity index (χ2v) is 4.22. The fourth-order valence-electron chi connectivity index (χ4n) is 0.862. The monoisotopic (exact) mass is 202 g/mol. The molecule has 0 fully saturated rings. The van der Waals surface area contributed by atoms with Gasteiger partial charge < -0.3 is 15.8 Å². The van der Waals surface area contributed by atoms with Gasteiger partial charge in [0.15, 0.2) is 0 Å². The van der Waals surface area contributed by atoms with Crippen LogP contribution in [-0.4, -0.2) is 23.6 Å². The van der Waals surface area contributed by atoms with Gasteiger partial charge in [0, 0.05) is 12.5 Å². The number of hydrogen-bond donors (Lipinski definition) is 2. The first-order valence-electron chi connectivity index (χ1n) is 4.48. The molecule has 1 unspecified atom stereocenters. The molecule has 3 N–H and O–H groups in total. The molecular weight excluding hydrogens is 184 g/mol. The average Bonchev–Trinajstić information content (AvgIpc) is 1.77. The smallest absolute Gasteiger partial charge is 0.407 e. The number of ether oxygens (including phenoxy) is 1. The average molecular weight is 202 g/mol. The molecule has 0 heterocycles. The molecule has 0 aliphatic carbocycles. The van der Waals surface area contributed by atoms with Gasteiger partial charge in [0.05, 0.1) is 0 Å². The zero-order valence-electron chi connectivity index (χ0n) is 9.09. The van der Waals surface area contributed by atoms with Crippen molar-refractivity contribution in [2.24, 2.45) is 5.73 Å². The Balaban J connectivity index is 3.89. The van der Waals surface area contributed by atoms with Gasteiger partial charge in [0.2, 0.25) is 5.91 Å². The lowest BCUT2D eigenvalue weighted by Gasteiger charge is -2.21. The largest absolute Gasteiger partial charge is 0.444 e. The van der Waals surface area contributed by atoms with Crippen LogP contribution in [0.2, 0.25) is 0 Å². The van der Waals surface area contributed by atoms with Crippen LogP contribution in [0.1, 0.15) is 34.1 Å². The SMILES string of the molecule is CC(CC(N)=O)NC(=O)OC(C)(C)C. The van der Waals surface area contributed by atoms with Crippen molar-refractivity contribution in [2.45, 2.75) is 45.8 Å². The molecule has 0 aliphatic heterocycles. The lowest BCUT2D eigenvalue weighted by molar-refractivity contribution is -0.118. The number of nitrogens with one attached hydrogen (secondary N) is 1. The Kier molecular flexibility index (Phi) is 4.40. The van der Waals surface area contributed by atoms with E-state index >= 15 is 0 Å². The number of primary amides is 1. The van der Waals surface area contributed by atoms with Crippen LogP contribution in [0.4, 0.5) is 4.79 Å².